The molecule has 0 bridgehead atoms. The van der Waals surface area contributed by atoms with Crippen molar-refractivity contribution in [2.45, 2.75) is 11.5 Å². The van der Waals surface area contributed by atoms with Crippen LogP contribution in [0, 0.1) is 5.82 Å². The Bertz CT molecular complexity index is 554. The largest absolute Gasteiger partial charge is 0.259 e. The fourth-order valence-electron chi connectivity index (χ4n) is 1.63. The van der Waals surface area contributed by atoms with Crippen molar-refractivity contribution in [2.75, 3.05) is 0 Å². The van der Waals surface area contributed by atoms with Gasteiger partial charge in [-0.05, 0) is 35.4 Å². The second-order valence-electron chi connectivity index (χ2n) is 3.98. The standard InChI is InChI=1S/C14H12ClFOS/c15-13-6-4-11(5-7-13)9-18(17)10-12-2-1-3-14(16)8-12/h1-8H,9-10H2. The predicted octanol–water partition coefficient (Wildman–Crippen LogP) is 3.93. The minimum Gasteiger partial charge on any atom is -0.259 e. The van der Waals surface area contributed by atoms with E-state index in [1.54, 1.807) is 24.3 Å². The minimum absolute atomic E-state index is 0.295. The Hall–Kier alpha value is -1.19. The molecule has 2 rings (SSSR count). The minimum atomic E-state index is -1.05. The molecular weight excluding hydrogens is 271 g/mol. The Balaban J connectivity index is 1.98. The summed E-state index contributed by atoms with van der Waals surface area (Å²) in [5.74, 6) is 0.518. The first-order chi connectivity index (χ1) is 8.63. The molecular formula is C14H12ClFOS. The summed E-state index contributed by atoms with van der Waals surface area (Å²) in [5.41, 5.74) is 1.72. The van der Waals surface area contributed by atoms with E-state index in [9.17, 15) is 8.60 Å². The summed E-state index contributed by atoms with van der Waals surface area (Å²) in [6, 6.07) is 13.5. The zero-order valence-electron chi connectivity index (χ0n) is 9.61. The van der Waals surface area contributed by atoms with Crippen molar-refractivity contribution < 1.29 is 8.60 Å². The fraction of sp³-hybridized carbons (Fsp3) is 0.143. The lowest BCUT2D eigenvalue weighted by Crippen LogP contribution is -1.99. The molecule has 4 heteroatoms. The van der Waals surface area contributed by atoms with Crippen LogP contribution in [0.5, 0.6) is 0 Å². The summed E-state index contributed by atoms with van der Waals surface area (Å²) in [4.78, 5) is 0. The summed E-state index contributed by atoms with van der Waals surface area (Å²) >= 11 is 5.78. The van der Waals surface area contributed by atoms with E-state index in [1.165, 1.54) is 12.1 Å². The second kappa shape index (κ2) is 6.12. The van der Waals surface area contributed by atoms with Crippen molar-refractivity contribution in [2.24, 2.45) is 0 Å². The van der Waals surface area contributed by atoms with Gasteiger partial charge in [0.05, 0.1) is 0 Å². The monoisotopic (exact) mass is 282 g/mol. The summed E-state index contributed by atoms with van der Waals surface area (Å²) in [6.07, 6.45) is 0. The third-order valence-electron chi connectivity index (χ3n) is 2.46. The van der Waals surface area contributed by atoms with Gasteiger partial charge >= 0.3 is 0 Å². The molecule has 0 aliphatic carbocycles. The van der Waals surface area contributed by atoms with Crippen LogP contribution in [0.2, 0.25) is 5.02 Å². The van der Waals surface area contributed by atoms with Gasteiger partial charge < -0.3 is 0 Å². The highest BCUT2D eigenvalue weighted by atomic mass is 35.5. The highest BCUT2D eigenvalue weighted by Crippen LogP contribution is 2.13. The van der Waals surface area contributed by atoms with E-state index < -0.39 is 10.8 Å². The van der Waals surface area contributed by atoms with Gasteiger partial charge in [-0.25, -0.2) is 4.39 Å². The van der Waals surface area contributed by atoms with Crippen molar-refractivity contribution >= 4 is 22.4 Å². The van der Waals surface area contributed by atoms with E-state index in [1.807, 2.05) is 12.1 Å². The first-order valence-corrected chi connectivity index (χ1v) is 7.34. The maximum atomic E-state index is 13.0. The van der Waals surface area contributed by atoms with Gasteiger partial charge in [-0.3, -0.25) is 4.21 Å². The highest BCUT2D eigenvalue weighted by Gasteiger charge is 2.04. The van der Waals surface area contributed by atoms with Gasteiger partial charge in [0, 0.05) is 27.3 Å². The zero-order valence-corrected chi connectivity index (χ0v) is 11.2. The summed E-state index contributed by atoms with van der Waals surface area (Å²) in [7, 11) is -1.05. The average Bonchev–Trinajstić information content (AvgIpc) is 2.32. The van der Waals surface area contributed by atoms with Crippen molar-refractivity contribution in [1.82, 2.24) is 0 Å². The SMILES string of the molecule is O=S(Cc1ccc(Cl)cc1)Cc1cccc(F)c1. The molecule has 0 aliphatic rings. The van der Waals surface area contributed by atoms with Gasteiger partial charge in [0.1, 0.15) is 5.82 Å². The van der Waals surface area contributed by atoms with Crippen LogP contribution >= 0.6 is 11.6 Å². The summed E-state index contributed by atoms with van der Waals surface area (Å²) in [6.45, 7) is 0. The topological polar surface area (TPSA) is 17.1 Å². The van der Waals surface area contributed by atoms with Crippen molar-refractivity contribution in [1.29, 1.82) is 0 Å². The third kappa shape index (κ3) is 3.93. The lowest BCUT2D eigenvalue weighted by Gasteiger charge is -2.03. The number of hydrogen-bond acceptors (Lipinski definition) is 1. The van der Waals surface area contributed by atoms with Crippen molar-refractivity contribution in [3.8, 4) is 0 Å². The van der Waals surface area contributed by atoms with Gasteiger partial charge in [0.2, 0.25) is 0 Å². The molecule has 0 spiro atoms. The van der Waals surface area contributed by atoms with E-state index in [2.05, 4.69) is 0 Å². The lowest BCUT2D eigenvalue weighted by atomic mass is 10.2. The Labute approximate surface area is 113 Å². The molecule has 0 N–H and O–H groups in total. The molecule has 2 aromatic rings. The van der Waals surface area contributed by atoms with Crippen molar-refractivity contribution in [3.63, 3.8) is 0 Å². The van der Waals surface area contributed by atoms with Crippen LogP contribution in [-0.2, 0) is 22.3 Å². The maximum Gasteiger partial charge on any atom is 0.123 e. The van der Waals surface area contributed by atoms with Crippen LogP contribution in [0.3, 0.4) is 0 Å². The Morgan fingerprint density at radius 2 is 1.67 bits per heavy atom. The number of halogens is 2. The normalized spacial score (nSPS) is 12.3. The number of rotatable bonds is 4. The molecule has 1 unspecified atom stereocenters. The smallest absolute Gasteiger partial charge is 0.123 e. The van der Waals surface area contributed by atoms with Crippen LogP contribution < -0.4 is 0 Å². The van der Waals surface area contributed by atoms with Crippen LogP contribution in [0.25, 0.3) is 0 Å². The fourth-order valence-corrected chi connectivity index (χ4v) is 2.97. The van der Waals surface area contributed by atoms with E-state index in [4.69, 9.17) is 11.6 Å². The summed E-state index contributed by atoms with van der Waals surface area (Å²) in [5, 5.41) is 0.662. The molecule has 1 atom stereocenters. The quantitative estimate of drug-likeness (QED) is 0.830. The van der Waals surface area contributed by atoms with Gasteiger partial charge in [-0.2, -0.15) is 0 Å². The zero-order chi connectivity index (χ0) is 13.0. The first-order valence-electron chi connectivity index (χ1n) is 5.47. The van der Waals surface area contributed by atoms with Gasteiger partial charge in [0.25, 0.3) is 0 Å². The molecule has 18 heavy (non-hydrogen) atoms. The Morgan fingerprint density at radius 3 is 2.33 bits per heavy atom. The highest BCUT2D eigenvalue weighted by molar-refractivity contribution is 7.83. The predicted molar refractivity (Wildman–Crippen MR) is 73.4 cm³/mol. The molecule has 1 nitrogen and oxygen atoms in total. The third-order valence-corrected chi connectivity index (χ3v) is 4.02. The molecule has 0 saturated heterocycles. The number of hydrogen-bond donors (Lipinski definition) is 0. The second-order valence-corrected chi connectivity index (χ2v) is 5.88. The first kappa shape index (κ1) is 13.2. The van der Waals surface area contributed by atoms with Crippen LogP contribution in [-0.4, -0.2) is 4.21 Å². The van der Waals surface area contributed by atoms with E-state index >= 15 is 0 Å². The number of benzene rings is 2. The molecule has 94 valence electrons. The lowest BCUT2D eigenvalue weighted by molar-refractivity contribution is 0.626. The molecule has 2 aromatic carbocycles. The van der Waals surface area contributed by atoms with Crippen LogP contribution in [0.1, 0.15) is 11.1 Å². The van der Waals surface area contributed by atoms with Crippen LogP contribution in [0.4, 0.5) is 4.39 Å². The maximum absolute atomic E-state index is 13.0. The molecule has 0 heterocycles. The summed E-state index contributed by atoms with van der Waals surface area (Å²) < 4.78 is 24.9. The Morgan fingerprint density at radius 1 is 1.00 bits per heavy atom. The Kier molecular flexibility index (Phi) is 4.50. The molecule has 0 saturated carbocycles. The van der Waals surface area contributed by atoms with Gasteiger partial charge in [0.15, 0.2) is 0 Å². The molecule has 0 amide bonds. The van der Waals surface area contributed by atoms with Gasteiger partial charge in [-0.1, -0.05) is 35.9 Å². The van der Waals surface area contributed by atoms with E-state index in [0.29, 0.717) is 16.5 Å². The molecule has 0 aromatic heterocycles. The molecule has 0 aliphatic heterocycles. The van der Waals surface area contributed by atoms with Gasteiger partial charge in [-0.15, -0.1) is 0 Å². The van der Waals surface area contributed by atoms with E-state index in [-0.39, 0.29) is 5.82 Å². The van der Waals surface area contributed by atoms with Crippen molar-refractivity contribution in [3.05, 3.63) is 70.5 Å². The van der Waals surface area contributed by atoms with E-state index in [0.717, 1.165) is 11.1 Å². The average molecular weight is 283 g/mol. The molecule has 0 radical (unpaired) electrons. The van der Waals surface area contributed by atoms with Crippen LogP contribution in [0.15, 0.2) is 48.5 Å². The molecule has 0 fully saturated rings.